The number of nitrogens with one attached hydrogen (secondary N) is 2. The quantitative estimate of drug-likeness (QED) is 0.819. The summed E-state index contributed by atoms with van der Waals surface area (Å²) in [6.45, 7) is 8.30. The molecule has 28 heavy (non-hydrogen) atoms. The van der Waals surface area contributed by atoms with Gasteiger partial charge in [0.1, 0.15) is 0 Å². The SMILES string of the molecule is CC1(C)[C@H]2CC[C@@]1(C)[C@H](NC(=O)[C@@H]1CCCN(C(=O)Nc3ccccc3)C1)C2. The number of amides is 3. The Morgan fingerprint density at radius 2 is 1.86 bits per heavy atom. The van der Waals surface area contributed by atoms with Crippen LogP contribution in [0.3, 0.4) is 0 Å². The standard InChI is InChI=1S/C23H33N3O2/c1-22(2)17-11-12-23(22,3)19(14-17)25-20(27)16-8-7-13-26(15-16)21(28)24-18-9-5-4-6-10-18/h4-6,9-10,16-17,19H,7-8,11-15H2,1-3H3,(H,24,28)(H,25,27)/t16-,17+,19-,23+/m1/s1. The van der Waals surface area contributed by atoms with Crippen molar-refractivity contribution in [2.24, 2.45) is 22.7 Å². The van der Waals surface area contributed by atoms with Crippen molar-refractivity contribution in [1.82, 2.24) is 10.2 Å². The van der Waals surface area contributed by atoms with E-state index in [1.54, 1.807) is 4.90 Å². The maximum Gasteiger partial charge on any atom is 0.321 e. The van der Waals surface area contributed by atoms with Crippen LogP contribution in [0.15, 0.2) is 30.3 Å². The van der Waals surface area contributed by atoms with E-state index >= 15 is 0 Å². The van der Waals surface area contributed by atoms with Crippen LogP contribution in [0, 0.1) is 22.7 Å². The van der Waals surface area contributed by atoms with Gasteiger partial charge in [-0.25, -0.2) is 4.79 Å². The van der Waals surface area contributed by atoms with E-state index in [1.807, 2.05) is 30.3 Å². The highest BCUT2D eigenvalue weighted by Gasteiger charge is 2.61. The average molecular weight is 384 g/mol. The number of hydrogen-bond donors (Lipinski definition) is 2. The minimum absolute atomic E-state index is 0.110. The van der Waals surface area contributed by atoms with Crippen molar-refractivity contribution in [1.29, 1.82) is 0 Å². The summed E-state index contributed by atoms with van der Waals surface area (Å²) in [4.78, 5) is 27.4. The number of piperidine rings is 1. The third-order valence-corrected chi connectivity index (χ3v) is 8.21. The van der Waals surface area contributed by atoms with Gasteiger partial charge < -0.3 is 15.5 Å². The molecule has 3 fully saturated rings. The first-order chi connectivity index (χ1) is 13.3. The number of benzene rings is 1. The molecule has 3 amide bonds. The summed E-state index contributed by atoms with van der Waals surface area (Å²) in [6, 6.07) is 9.64. The molecule has 0 aromatic heterocycles. The summed E-state index contributed by atoms with van der Waals surface area (Å²) < 4.78 is 0. The second-order valence-corrected chi connectivity index (χ2v) is 9.75. The molecule has 152 valence electrons. The molecule has 0 unspecified atom stereocenters. The first-order valence-electron chi connectivity index (χ1n) is 10.7. The van der Waals surface area contributed by atoms with E-state index < -0.39 is 0 Å². The third kappa shape index (κ3) is 3.19. The van der Waals surface area contributed by atoms with Crippen LogP contribution >= 0.6 is 0 Å². The Hall–Kier alpha value is -2.04. The lowest BCUT2D eigenvalue weighted by molar-refractivity contribution is -0.128. The second-order valence-electron chi connectivity index (χ2n) is 9.75. The highest BCUT2D eigenvalue weighted by molar-refractivity contribution is 5.90. The number of carbonyl (C=O) groups excluding carboxylic acids is 2. The Balaban J connectivity index is 1.36. The fraction of sp³-hybridized carbons (Fsp3) is 0.652. The number of anilines is 1. The van der Waals surface area contributed by atoms with Gasteiger partial charge in [-0.15, -0.1) is 0 Å². The van der Waals surface area contributed by atoms with Gasteiger partial charge in [0, 0.05) is 24.8 Å². The Morgan fingerprint density at radius 1 is 1.11 bits per heavy atom. The summed E-state index contributed by atoms with van der Waals surface area (Å²) in [5, 5.41) is 6.33. The lowest BCUT2D eigenvalue weighted by Gasteiger charge is -2.40. The molecule has 1 aromatic carbocycles. The van der Waals surface area contributed by atoms with Crippen molar-refractivity contribution in [3.8, 4) is 0 Å². The monoisotopic (exact) mass is 383 g/mol. The van der Waals surface area contributed by atoms with Crippen molar-refractivity contribution in [2.45, 2.75) is 58.9 Å². The molecule has 5 nitrogen and oxygen atoms in total. The predicted molar refractivity (Wildman–Crippen MR) is 111 cm³/mol. The normalized spacial score (nSPS) is 33.5. The number of likely N-dealkylation sites (tertiary alicyclic amines) is 1. The Bertz CT molecular complexity index is 747. The molecule has 3 aliphatic rings. The molecular formula is C23H33N3O2. The van der Waals surface area contributed by atoms with Gasteiger partial charge in [0.05, 0.1) is 5.92 Å². The van der Waals surface area contributed by atoms with Crippen LogP contribution in [0.1, 0.15) is 52.9 Å². The van der Waals surface area contributed by atoms with Gasteiger partial charge in [-0.3, -0.25) is 4.79 Å². The number of rotatable bonds is 3. The molecule has 1 heterocycles. The second kappa shape index (κ2) is 7.09. The van der Waals surface area contributed by atoms with Crippen LogP contribution < -0.4 is 10.6 Å². The lowest BCUT2D eigenvalue weighted by Crippen LogP contribution is -2.52. The van der Waals surface area contributed by atoms with E-state index in [9.17, 15) is 9.59 Å². The summed E-state index contributed by atoms with van der Waals surface area (Å²) in [6.07, 6.45) is 5.31. The zero-order chi connectivity index (χ0) is 19.9. The zero-order valence-corrected chi connectivity index (χ0v) is 17.3. The minimum atomic E-state index is -0.114. The summed E-state index contributed by atoms with van der Waals surface area (Å²) in [7, 11) is 0. The van der Waals surface area contributed by atoms with Crippen LogP contribution in [0.2, 0.25) is 0 Å². The Labute approximate surface area is 168 Å². The number of urea groups is 1. The lowest BCUT2D eigenvalue weighted by atomic mass is 9.69. The Kier molecular flexibility index (Phi) is 4.88. The molecule has 2 N–H and O–H groups in total. The molecule has 2 bridgehead atoms. The molecule has 1 aliphatic heterocycles. The predicted octanol–water partition coefficient (Wildman–Crippen LogP) is 4.26. The maximum atomic E-state index is 13.0. The van der Waals surface area contributed by atoms with E-state index in [1.165, 1.54) is 12.8 Å². The van der Waals surface area contributed by atoms with Gasteiger partial charge in [0.15, 0.2) is 0 Å². The van der Waals surface area contributed by atoms with Crippen molar-refractivity contribution in [3.05, 3.63) is 30.3 Å². The van der Waals surface area contributed by atoms with E-state index in [4.69, 9.17) is 0 Å². The Morgan fingerprint density at radius 3 is 2.50 bits per heavy atom. The molecular weight excluding hydrogens is 350 g/mol. The van der Waals surface area contributed by atoms with E-state index in [2.05, 4.69) is 31.4 Å². The maximum absolute atomic E-state index is 13.0. The van der Waals surface area contributed by atoms with E-state index in [-0.39, 0.29) is 29.3 Å². The van der Waals surface area contributed by atoms with Gasteiger partial charge in [-0.05, 0) is 61.0 Å². The van der Waals surface area contributed by atoms with Gasteiger partial charge in [-0.2, -0.15) is 0 Å². The molecule has 2 aliphatic carbocycles. The summed E-state index contributed by atoms with van der Waals surface area (Å²) in [5.74, 6) is 0.732. The zero-order valence-electron chi connectivity index (χ0n) is 17.3. The third-order valence-electron chi connectivity index (χ3n) is 8.21. The fourth-order valence-corrected chi connectivity index (χ4v) is 5.81. The van der Waals surface area contributed by atoms with E-state index in [0.29, 0.717) is 24.4 Å². The first-order valence-corrected chi connectivity index (χ1v) is 10.7. The van der Waals surface area contributed by atoms with E-state index in [0.717, 1.165) is 24.9 Å². The van der Waals surface area contributed by atoms with Crippen molar-refractivity contribution < 1.29 is 9.59 Å². The van der Waals surface area contributed by atoms with Gasteiger partial charge in [0.25, 0.3) is 0 Å². The molecule has 1 aromatic rings. The number of nitrogens with zero attached hydrogens (tertiary/aromatic N) is 1. The largest absolute Gasteiger partial charge is 0.352 e. The minimum Gasteiger partial charge on any atom is -0.352 e. The summed E-state index contributed by atoms with van der Waals surface area (Å²) in [5.41, 5.74) is 1.27. The average Bonchev–Trinajstić information content (AvgIpc) is 3.02. The first kappa shape index (κ1) is 19.3. The number of fused-ring (bicyclic) bond motifs is 2. The topological polar surface area (TPSA) is 61.4 Å². The smallest absolute Gasteiger partial charge is 0.321 e. The molecule has 4 rings (SSSR count). The molecule has 0 radical (unpaired) electrons. The van der Waals surface area contributed by atoms with Crippen LogP contribution in [0.5, 0.6) is 0 Å². The number of hydrogen-bond acceptors (Lipinski definition) is 2. The fourth-order valence-electron chi connectivity index (χ4n) is 5.81. The van der Waals surface area contributed by atoms with Crippen molar-refractivity contribution >= 4 is 17.6 Å². The summed E-state index contributed by atoms with van der Waals surface area (Å²) >= 11 is 0. The van der Waals surface area contributed by atoms with Crippen LogP contribution in [-0.4, -0.2) is 36.0 Å². The van der Waals surface area contributed by atoms with Crippen LogP contribution in [0.4, 0.5) is 10.5 Å². The van der Waals surface area contributed by atoms with Crippen molar-refractivity contribution in [2.75, 3.05) is 18.4 Å². The van der Waals surface area contributed by atoms with Gasteiger partial charge in [-0.1, -0.05) is 39.0 Å². The van der Waals surface area contributed by atoms with Crippen LogP contribution in [0.25, 0.3) is 0 Å². The van der Waals surface area contributed by atoms with Gasteiger partial charge >= 0.3 is 6.03 Å². The molecule has 2 saturated carbocycles. The molecule has 4 atom stereocenters. The molecule has 1 saturated heterocycles. The molecule has 5 heteroatoms. The van der Waals surface area contributed by atoms with Gasteiger partial charge in [0.2, 0.25) is 5.91 Å². The highest BCUT2D eigenvalue weighted by Crippen LogP contribution is 2.65. The van der Waals surface area contributed by atoms with Crippen molar-refractivity contribution in [3.63, 3.8) is 0 Å². The molecule has 0 spiro atoms. The number of para-hydroxylation sites is 1. The number of carbonyl (C=O) groups is 2. The highest BCUT2D eigenvalue weighted by atomic mass is 16.2. The van der Waals surface area contributed by atoms with Crippen LogP contribution in [-0.2, 0) is 4.79 Å².